The molecule has 1 amide bonds. The molecule has 0 radical (unpaired) electrons. The Morgan fingerprint density at radius 2 is 2.39 bits per heavy atom. The molecule has 0 bridgehead atoms. The van der Waals surface area contributed by atoms with Crippen molar-refractivity contribution in [2.75, 3.05) is 26.2 Å². The maximum absolute atomic E-state index is 12.3. The van der Waals surface area contributed by atoms with Gasteiger partial charge in [0.2, 0.25) is 5.91 Å². The lowest BCUT2D eigenvalue weighted by Crippen LogP contribution is -2.53. The number of nitrogens with zero attached hydrogens (tertiary/aromatic N) is 4. The smallest absolute Gasteiger partial charge is 0.235 e. The van der Waals surface area contributed by atoms with E-state index in [4.69, 9.17) is 4.74 Å². The van der Waals surface area contributed by atoms with E-state index in [-0.39, 0.29) is 12.0 Å². The highest BCUT2D eigenvalue weighted by Crippen LogP contribution is 2.39. The summed E-state index contributed by atoms with van der Waals surface area (Å²) in [4.78, 5) is 14.4. The van der Waals surface area contributed by atoms with E-state index in [2.05, 4.69) is 21.4 Å². The van der Waals surface area contributed by atoms with Crippen LogP contribution in [-0.2, 0) is 16.1 Å². The molecule has 0 aromatic carbocycles. The van der Waals surface area contributed by atoms with Gasteiger partial charge in [-0.2, -0.15) is 10.4 Å². The molecule has 7 heteroatoms. The van der Waals surface area contributed by atoms with Crippen molar-refractivity contribution in [3.05, 3.63) is 18.5 Å². The standard InChI is InChI=1S/C16H23N5O2/c1-16(12-17,13-3-4-13)19-15(22)11-20-7-8-23-14(9-20)10-21-6-2-5-18-21/h2,5-6,13-14H,3-4,7-11H2,1H3,(H,19,22)/t14-,16+/m0/s1. The first-order valence-electron chi connectivity index (χ1n) is 8.13. The Balaban J connectivity index is 1.49. The molecule has 1 saturated heterocycles. The first-order chi connectivity index (χ1) is 11.1. The number of morpholine rings is 1. The van der Waals surface area contributed by atoms with E-state index in [1.165, 1.54) is 0 Å². The van der Waals surface area contributed by atoms with Gasteiger partial charge in [-0.05, 0) is 31.7 Å². The van der Waals surface area contributed by atoms with Crippen molar-refractivity contribution in [3.8, 4) is 6.07 Å². The van der Waals surface area contributed by atoms with Crippen molar-refractivity contribution < 1.29 is 9.53 Å². The highest BCUT2D eigenvalue weighted by atomic mass is 16.5. The minimum Gasteiger partial charge on any atom is -0.374 e. The molecule has 124 valence electrons. The molecule has 1 aromatic rings. The van der Waals surface area contributed by atoms with Crippen LogP contribution in [0, 0.1) is 17.2 Å². The molecule has 2 atom stereocenters. The van der Waals surface area contributed by atoms with E-state index in [0.29, 0.717) is 32.2 Å². The predicted molar refractivity (Wildman–Crippen MR) is 83.3 cm³/mol. The number of hydrogen-bond acceptors (Lipinski definition) is 5. The molecule has 1 aromatic heterocycles. The molecule has 1 saturated carbocycles. The van der Waals surface area contributed by atoms with Gasteiger partial charge in [-0.1, -0.05) is 0 Å². The molecule has 1 N–H and O–H groups in total. The largest absolute Gasteiger partial charge is 0.374 e. The quantitative estimate of drug-likeness (QED) is 0.821. The predicted octanol–water partition coefficient (Wildman–Crippen LogP) is 0.392. The molecule has 2 aliphatic rings. The van der Waals surface area contributed by atoms with E-state index < -0.39 is 5.54 Å². The summed E-state index contributed by atoms with van der Waals surface area (Å²) in [5, 5.41) is 16.4. The second kappa shape index (κ2) is 6.69. The monoisotopic (exact) mass is 317 g/mol. The molecule has 2 fully saturated rings. The summed E-state index contributed by atoms with van der Waals surface area (Å²) < 4.78 is 7.59. The number of carbonyl (C=O) groups is 1. The highest BCUT2D eigenvalue weighted by molar-refractivity contribution is 5.79. The van der Waals surface area contributed by atoms with Gasteiger partial charge in [-0.25, -0.2) is 0 Å². The average Bonchev–Trinajstić information content (AvgIpc) is 3.27. The van der Waals surface area contributed by atoms with Crippen molar-refractivity contribution >= 4 is 5.91 Å². The highest BCUT2D eigenvalue weighted by Gasteiger charge is 2.43. The van der Waals surface area contributed by atoms with Gasteiger partial charge in [-0.3, -0.25) is 14.4 Å². The molecule has 2 heterocycles. The fraction of sp³-hybridized carbons (Fsp3) is 0.688. The minimum atomic E-state index is -0.724. The summed E-state index contributed by atoms with van der Waals surface area (Å²) in [6.07, 6.45) is 5.72. The van der Waals surface area contributed by atoms with Gasteiger partial charge in [0.1, 0.15) is 5.54 Å². The summed E-state index contributed by atoms with van der Waals surface area (Å²) >= 11 is 0. The maximum Gasteiger partial charge on any atom is 0.235 e. The molecule has 1 aliphatic heterocycles. The number of carbonyl (C=O) groups excluding carboxylic acids is 1. The molecular formula is C16H23N5O2. The van der Waals surface area contributed by atoms with Crippen molar-refractivity contribution in [2.45, 2.75) is 38.0 Å². The number of ether oxygens (including phenoxy) is 1. The molecule has 23 heavy (non-hydrogen) atoms. The van der Waals surface area contributed by atoms with Crippen LogP contribution in [0.15, 0.2) is 18.5 Å². The van der Waals surface area contributed by atoms with Crippen LogP contribution in [0.25, 0.3) is 0 Å². The lowest BCUT2D eigenvalue weighted by atomic mass is 9.98. The SMILES string of the molecule is C[C@](C#N)(NC(=O)CN1CCO[C@H](Cn2cccn2)C1)C1CC1. The van der Waals surface area contributed by atoms with Crippen molar-refractivity contribution in [1.82, 2.24) is 20.0 Å². The Bertz CT molecular complexity index is 578. The van der Waals surface area contributed by atoms with E-state index in [0.717, 1.165) is 19.4 Å². The number of aromatic nitrogens is 2. The average molecular weight is 317 g/mol. The lowest BCUT2D eigenvalue weighted by Gasteiger charge is -2.33. The van der Waals surface area contributed by atoms with Crippen molar-refractivity contribution in [3.63, 3.8) is 0 Å². The zero-order chi connectivity index (χ0) is 16.3. The first-order valence-corrected chi connectivity index (χ1v) is 8.13. The van der Waals surface area contributed by atoms with Gasteiger partial charge in [0.25, 0.3) is 0 Å². The number of hydrogen-bond donors (Lipinski definition) is 1. The van der Waals surface area contributed by atoms with Crippen molar-refractivity contribution in [1.29, 1.82) is 5.26 Å². The second-order valence-corrected chi connectivity index (χ2v) is 6.59. The van der Waals surface area contributed by atoms with Crippen LogP contribution < -0.4 is 5.32 Å². The fourth-order valence-electron chi connectivity index (χ4n) is 3.07. The van der Waals surface area contributed by atoms with E-state index in [1.807, 2.05) is 23.9 Å². The van der Waals surface area contributed by atoms with E-state index in [9.17, 15) is 10.1 Å². The zero-order valence-electron chi connectivity index (χ0n) is 13.4. The molecule has 7 nitrogen and oxygen atoms in total. The summed E-state index contributed by atoms with van der Waals surface area (Å²) in [5.41, 5.74) is -0.724. The second-order valence-electron chi connectivity index (χ2n) is 6.59. The number of nitrogens with one attached hydrogen (secondary N) is 1. The number of amides is 1. The first kappa shape index (κ1) is 16.0. The van der Waals surface area contributed by atoms with Crippen LogP contribution in [0.5, 0.6) is 0 Å². The number of rotatable bonds is 6. The minimum absolute atomic E-state index is 0.0298. The Morgan fingerprint density at radius 1 is 1.57 bits per heavy atom. The van der Waals surface area contributed by atoms with Gasteiger partial charge in [0.15, 0.2) is 0 Å². The third-order valence-electron chi connectivity index (χ3n) is 4.57. The molecule has 0 spiro atoms. The Morgan fingerprint density at radius 3 is 3.04 bits per heavy atom. The molecular weight excluding hydrogens is 294 g/mol. The van der Waals surface area contributed by atoms with Gasteiger partial charge in [-0.15, -0.1) is 0 Å². The van der Waals surface area contributed by atoms with E-state index >= 15 is 0 Å². The summed E-state index contributed by atoms with van der Waals surface area (Å²) in [6.45, 7) is 4.85. The third-order valence-corrected chi connectivity index (χ3v) is 4.57. The maximum atomic E-state index is 12.3. The van der Waals surface area contributed by atoms with Gasteiger partial charge >= 0.3 is 0 Å². The third kappa shape index (κ3) is 4.09. The Hall–Kier alpha value is -1.91. The molecule has 0 unspecified atom stereocenters. The van der Waals surface area contributed by atoms with Crippen LogP contribution in [0.1, 0.15) is 19.8 Å². The molecule has 1 aliphatic carbocycles. The normalized spacial score (nSPS) is 24.6. The summed E-state index contributed by atoms with van der Waals surface area (Å²) in [6, 6.07) is 4.14. The zero-order valence-corrected chi connectivity index (χ0v) is 13.4. The van der Waals surface area contributed by atoms with Gasteiger partial charge in [0.05, 0.1) is 31.9 Å². The van der Waals surface area contributed by atoms with Crippen LogP contribution in [-0.4, -0.2) is 58.5 Å². The fourth-order valence-corrected chi connectivity index (χ4v) is 3.07. The van der Waals surface area contributed by atoms with Crippen molar-refractivity contribution in [2.24, 2.45) is 5.92 Å². The topological polar surface area (TPSA) is 83.2 Å². The van der Waals surface area contributed by atoms with Gasteiger partial charge in [0, 0.05) is 25.5 Å². The van der Waals surface area contributed by atoms with E-state index in [1.54, 1.807) is 6.20 Å². The van der Waals surface area contributed by atoms with Crippen LogP contribution in [0.4, 0.5) is 0 Å². The van der Waals surface area contributed by atoms with Gasteiger partial charge < -0.3 is 10.1 Å². The number of nitriles is 1. The Labute approximate surface area is 136 Å². The summed E-state index contributed by atoms with van der Waals surface area (Å²) in [7, 11) is 0. The Kier molecular flexibility index (Phi) is 4.64. The van der Waals surface area contributed by atoms with Crippen LogP contribution in [0.2, 0.25) is 0 Å². The molecule has 3 rings (SSSR count). The van der Waals surface area contributed by atoms with Crippen LogP contribution >= 0.6 is 0 Å². The lowest BCUT2D eigenvalue weighted by molar-refractivity contribution is -0.125. The van der Waals surface area contributed by atoms with Crippen LogP contribution in [0.3, 0.4) is 0 Å². The summed E-state index contributed by atoms with van der Waals surface area (Å²) in [5.74, 6) is 0.217.